The molecule has 2 amide bonds. The van der Waals surface area contributed by atoms with Gasteiger partial charge in [-0.15, -0.1) is 12.4 Å². The minimum Gasteiger partial charge on any atom is -0.354 e. The van der Waals surface area contributed by atoms with Crippen molar-refractivity contribution in [1.82, 2.24) is 15.5 Å². The standard InChI is InChI=1S/C23H33N3O3.ClH/c1-16-7-8-19(13-17(16)2)21(27)9-10-22(28)26-12-4-5-18(15-26)14-25-23(29)20-6-3-11-24-20;/h7-8,13,18,20,24H,3-6,9-12,14-15H2,1-2H3,(H,25,29);1H. The van der Waals surface area contributed by atoms with Crippen molar-refractivity contribution in [3.63, 3.8) is 0 Å². The predicted octanol–water partition coefficient (Wildman–Crippen LogP) is 2.79. The average molecular weight is 436 g/mol. The van der Waals surface area contributed by atoms with E-state index in [0.29, 0.717) is 18.7 Å². The van der Waals surface area contributed by atoms with Crippen LogP contribution in [0.15, 0.2) is 18.2 Å². The van der Waals surface area contributed by atoms with Gasteiger partial charge in [-0.2, -0.15) is 0 Å². The Kier molecular flexibility index (Phi) is 9.31. The van der Waals surface area contributed by atoms with Gasteiger partial charge in [0.1, 0.15) is 0 Å². The molecule has 2 fully saturated rings. The largest absolute Gasteiger partial charge is 0.354 e. The topological polar surface area (TPSA) is 78.5 Å². The monoisotopic (exact) mass is 435 g/mol. The number of amides is 2. The van der Waals surface area contributed by atoms with Crippen molar-refractivity contribution in [2.24, 2.45) is 5.92 Å². The predicted molar refractivity (Wildman–Crippen MR) is 120 cm³/mol. The van der Waals surface area contributed by atoms with E-state index in [-0.39, 0.29) is 54.8 Å². The Morgan fingerprint density at radius 2 is 1.90 bits per heavy atom. The second kappa shape index (κ2) is 11.5. The number of nitrogens with zero attached hydrogens (tertiary/aromatic N) is 1. The molecular formula is C23H34ClN3O3. The van der Waals surface area contributed by atoms with Crippen LogP contribution in [-0.2, 0) is 9.59 Å². The highest BCUT2D eigenvalue weighted by Gasteiger charge is 2.26. The number of likely N-dealkylation sites (tertiary alicyclic amines) is 1. The summed E-state index contributed by atoms with van der Waals surface area (Å²) in [6, 6.07) is 5.64. The molecule has 2 aliphatic heterocycles. The van der Waals surface area contributed by atoms with Crippen LogP contribution in [0, 0.1) is 19.8 Å². The number of hydrogen-bond donors (Lipinski definition) is 2. The minimum atomic E-state index is -0.0623. The number of Topliss-reactive ketones (excluding diaryl/α,β-unsaturated/α-hetero) is 1. The van der Waals surface area contributed by atoms with Gasteiger partial charge in [0.2, 0.25) is 11.8 Å². The lowest BCUT2D eigenvalue weighted by Gasteiger charge is -2.33. The first-order chi connectivity index (χ1) is 13.9. The minimum absolute atomic E-state index is 0. The van der Waals surface area contributed by atoms with E-state index in [9.17, 15) is 14.4 Å². The van der Waals surface area contributed by atoms with E-state index in [4.69, 9.17) is 0 Å². The zero-order chi connectivity index (χ0) is 20.8. The molecule has 7 heteroatoms. The molecule has 0 saturated carbocycles. The summed E-state index contributed by atoms with van der Waals surface area (Å²) in [7, 11) is 0. The third-order valence-electron chi connectivity index (χ3n) is 6.21. The molecule has 3 rings (SSSR count). The number of rotatable bonds is 7. The molecule has 6 nitrogen and oxygen atoms in total. The summed E-state index contributed by atoms with van der Waals surface area (Å²) in [4.78, 5) is 39.1. The van der Waals surface area contributed by atoms with Crippen molar-refractivity contribution in [2.45, 2.75) is 58.4 Å². The van der Waals surface area contributed by atoms with Gasteiger partial charge < -0.3 is 15.5 Å². The van der Waals surface area contributed by atoms with Crippen molar-refractivity contribution >= 4 is 30.0 Å². The van der Waals surface area contributed by atoms with Crippen molar-refractivity contribution in [3.8, 4) is 0 Å². The van der Waals surface area contributed by atoms with Gasteiger partial charge in [-0.25, -0.2) is 0 Å². The fourth-order valence-electron chi connectivity index (χ4n) is 4.17. The molecule has 2 N–H and O–H groups in total. The average Bonchev–Trinajstić information content (AvgIpc) is 3.27. The Balaban J connectivity index is 0.00000320. The molecule has 0 bridgehead atoms. The van der Waals surface area contributed by atoms with Gasteiger partial charge in [0, 0.05) is 38.0 Å². The maximum absolute atomic E-state index is 12.6. The normalized spacial score (nSPS) is 21.1. The van der Waals surface area contributed by atoms with Crippen LogP contribution in [0.2, 0.25) is 0 Å². The maximum Gasteiger partial charge on any atom is 0.237 e. The molecule has 0 radical (unpaired) electrons. The van der Waals surface area contributed by atoms with Crippen molar-refractivity contribution in [1.29, 1.82) is 0 Å². The number of halogens is 1. The molecule has 2 aliphatic rings. The zero-order valence-electron chi connectivity index (χ0n) is 18.0. The van der Waals surface area contributed by atoms with Crippen LogP contribution in [0.4, 0.5) is 0 Å². The van der Waals surface area contributed by atoms with Crippen molar-refractivity contribution < 1.29 is 14.4 Å². The molecule has 2 atom stereocenters. The van der Waals surface area contributed by atoms with Crippen LogP contribution in [0.5, 0.6) is 0 Å². The second-order valence-electron chi connectivity index (χ2n) is 8.46. The molecule has 1 aromatic rings. The number of carbonyl (C=O) groups is 3. The molecule has 166 valence electrons. The Morgan fingerprint density at radius 1 is 1.10 bits per heavy atom. The van der Waals surface area contributed by atoms with Crippen LogP contribution in [-0.4, -0.2) is 54.7 Å². The number of hydrogen-bond acceptors (Lipinski definition) is 4. The number of carbonyl (C=O) groups excluding carboxylic acids is 3. The van der Waals surface area contributed by atoms with Crippen LogP contribution in [0.3, 0.4) is 0 Å². The highest BCUT2D eigenvalue weighted by atomic mass is 35.5. The smallest absolute Gasteiger partial charge is 0.237 e. The molecule has 0 aliphatic carbocycles. The van der Waals surface area contributed by atoms with E-state index in [1.807, 2.05) is 36.9 Å². The fraction of sp³-hybridized carbons (Fsp3) is 0.609. The Bertz CT molecular complexity index is 762. The van der Waals surface area contributed by atoms with Gasteiger partial charge in [-0.1, -0.05) is 12.1 Å². The number of aryl methyl sites for hydroxylation is 2. The zero-order valence-corrected chi connectivity index (χ0v) is 18.9. The van der Waals surface area contributed by atoms with E-state index in [1.165, 1.54) is 0 Å². The Hall–Kier alpha value is -1.92. The SMILES string of the molecule is Cc1ccc(C(=O)CCC(=O)N2CCCC(CNC(=O)C3CCCN3)C2)cc1C.Cl. The van der Waals surface area contributed by atoms with E-state index in [0.717, 1.165) is 49.9 Å². The van der Waals surface area contributed by atoms with Gasteiger partial charge >= 0.3 is 0 Å². The van der Waals surface area contributed by atoms with Gasteiger partial charge in [-0.3, -0.25) is 14.4 Å². The summed E-state index contributed by atoms with van der Waals surface area (Å²) >= 11 is 0. The molecule has 0 spiro atoms. The summed E-state index contributed by atoms with van der Waals surface area (Å²) in [5.41, 5.74) is 2.93. The number of ketones is 1. The lowest BCUT2D eigenvalue weighted by Crippen LogP contribution is -2.46. The molecule has 30 heavy (non-hydrogen) atoms. The third-order valence-corrected chi connectivity index (χ3v) is 6.21. The van der Waals surface area contributed by atoms with Gasteiger partial charge in [0.25, 0.3) is 0 Å². The quantitative estimate of drug-likeness (QED) is 0.645. The van der Waals surface area contributed by atoms with Crippen LogP contribution >= 0.6 is 12.4 Å². The first kappa shape index (κ1) is 24.4. The Labute approximate surface area is 185 Å². The molecule has 2 heterocycles. The van der Waals surface area contributed by atoms with E-state index in [1.54, 1.807) is 0 Å². The fourth-order valence-corrected chi connectivity index (χ4v) is 4.17. The number of nitrogens with one attached hydrogen (secondary N) is 2. The molecule has 2 saturated heterocycles. The highest BCUT2D eigenvalue weighted by Crippen LogP contribution is 2.18. The summed E-state index contributed by atoms with van der Waals surface area (Å²) < 4.78 is 0. The van der Waals surface area contributed by atoms with Crippen LogP contribution in [0.1, 0.15) is 60.0 Å². The van der Waals surface area contributed by atoms with E-state index < -0.39 is 0 Å². The summed E-state index contributed by atoms with van der Waals surface area (Å²) in [5.74, 6) is 0.417. The summed E-state index contributed by atoms with van der Waals surface area (Å²) in [6.07, 6.45) is 4.40. The molecule has 0 aromatic heterocycles. The first-order valence-electron chi connectivity index (χ1n) is 10.8. The van der Waals surface area contributed by atoms with E-state index in [2.05, 4.69) is 10.6 Å². The first-order valence-corrected chi connectivity index (χ1v) is 10.8. The van der Waals surface area contributed by atoms with E-state index >= 15 is 0 Å². The lowest BCUT2D eigenvalue weighted by molar-refractivity contribution is -0.132. The second-order valence-corrected chi connectivity index (χ2v) is 8.46. The van der Waals surface area contributed by atoms with Crippen LogP contribution in [0.25, 0.3) is 0 Å². The molecule has 2 unspecified atom stereocenters. The van der Waals surface area contributed by atoms with Gasteiger partial charge in [0.15, 0.2) is 5.78 Å². The molecule has 1 aromatic carbocycles. The number of piperidine rings is 1. The van der Waals surface area contributed by atoms with Crippen LogP contribution < -0.4 is 10.6 Å². The summed E-state index contributed by atoms with van der Waals surface area (Å²) in [5, 5.41) is 6.25. The lowest BCUT2D eigenvalue weighted by atomic mass is 9.97. The van der Waals surface area contributed by atoms with Crippen molar-refractivity contribution in [3.05, 3.63) is 34.9 Å². The maximum atomic E-state index is 12.6. The molecular weight excluding hydrogens is 402 g/mol. The number of benzene rings is 1. The highest BCUT2D eigenvalue weighted by molar-refractivity contribution is 5.98. The third kappa shape index (κ3) is 6.54. The van der Waals surface area contributed by atoms with Gasteiger partial charge in [0.05, 0.1) is 6.04 Å². The van der Waals surface area contributed by atoms with Crippen molar-refractivity contribution in [2.75, 3.05) is 26.2 Å². The summed E-state index contributed by atoms with van der Waals surface area (Å²) in [6.45, 7) is 6.94. The Morgan fingerprint density at radius 3 is 2.60 bits per heavy atom. The van der Waals surface area contributed by atoms with Gasteiger partial charge in [-0.05, 0) is 69.2 Å².